The average molecular weight is 850 g/mol. The Morgan fingerprint density at radius 2 is 0.947 bits per heavy atom. The Hall–Kier alpha value is -5.17. The summed E-state index contributed by atoms with van der Waals surface area (Å²) in [4.78, 5) is 0. The number of phenols is 1. The molecule has 0 unspecified atom stereocenters. The van der Waals surface area contributed by atoms with Crippen LogP contribution in [-0.2, 0) is 25.1 Å². The fourth-order valence-electron chi connectivity index (χ4n) is 5.22. The standard InChI is InChI=1S/C16H16O.C15H14O2.C11H17O3P.C7H7Br/c1-13-10-15(12-16(11-13)17-2)9-8-14-6-4-3-5-7-14;1-17-15-10-13(9-14(16)11-15)8-7-12-5-3-2-4-6-12;1-3-13-15(12,14-4-2)10-11-8-6-5-7-9-11;8-6-7-4-2-1-3-5-7/h3-12H,1-2H3;2-11,16H,1H3;5-9H,3-4,10H2,1-2H3;1-5H,6H2/b9-8+;8-7+;;. The van der Waals surface area contributed by atoms with E-state index in [-0.39, 0.29) is 5.75 Å². The lowest BCUT2D eigenvalue weighted by Gasteiger charge is -2.16. The van der Waals surface area contributed by atoms with Crippen LogP contribution in [0, 0.1) is 6.92 Å². The lowest BCUT2D eigenvalue weighted by molar-refractivity contribution is 0.219. The molecule has 1 N–H and O–H groups in total. The Morgan fingerprint density at radius 3 is 1.37 bits per heavy atom. The van der Waals surface area contributed by atoms with Crippen molar-refractivity contribution in [2.24, 2.45) is 0 Å². The van der Waals surface area contributed by atoms with Crippen molar-refractivity contribution < 1.29 is 28.2 Å². The second-order valence-electron chi connectivity index (χ2n) is 12.4. The van der Waals surface area contributed by atoms with E-state index in [0.29, 0.717) is 25.1 Å². The van der Waals surface area contributed by atoms with Gasteiger partial charge < -0.3 is 23.6 Å². The second kappa shape index (κ2) is 26.6. The molecule has 6 rings (SSSR count). The Morgan fingerprint density at radius 1 is 0.544 bits per heavy atom. The number of hydrogen-bond donors (Lipinski definition) is 1. The van der Waals surface area contributed by atoms with E-state index in [4.69, 9.17) is 18.5 Å². The number of methoxy groups -OCH3 is 2. The molecule has 0 atom stereocenters. The van der Waals surface area contributed by atoms with Gasteiger partial charge in [-0.2, -0.15) is 0 Å². The van der Waals surface area contributed by atoms with Crippen LogP contribution < -0.4 is 9.47 Å². The van der Waals surface area contributed by atoms with E-state index in [1.807, 2.05) is 141 Å². The molecule has 6 nitrogen and oxygen atoms in total. The maximum atomic E-state index is 12.1. The molecule has 0 aliphatic carbocycles. The minimum absolute atomic E-state index is 0.206. The van der Waals surface area contributed by atoms with Crippen molar-refractivity contribution in [3.8, 4) is 17.2 Å². The molecule has 0 amide bonds. The molecule has 57 heavy (non-hydrogen) atoms. The quantitative estimate of drug-likeness (QED) is 0.0709. The molecule has 0 fully saturated rings. The predicted octanol–water partition coefficient (Wildman–Crippen LogP) is 13.8. The van der Waals surface area contributed by atoms with Crippen LogP contribution in [0.1, 0.15) is 52.8 Å². The summed E-state index contributed by atoms with van der Waals surface area (Å²) in [5.74, 6) is 1.76. The molecule has 0 saturated carbocycles. The summed E-state index contributed by atoms with van der Waals surface area (Å²) in [6, 6.07) is 51.5. The molecule has 298 valence electrons. The Balaban J connectivity index is 0.000000210. The molecule has 0 heterocycles. The van der Waals surface area contributed by atoms with E-state index >= 15 is 0 Å². The van der Waals surface area contributed by atoms with Gasteiger partial charge in [0.2, 0.25) is 0 Å². The number of rotatable bonds is 13. The van der Waals surface area contributed by atoms with Crippen LogP contribution in [0.3, 0.4) is 0 Å². The van der Waals surface area contributed by atoms with Gasteiger partial charge in [-0.15, -0.1) is 0 Å². The zero-order chi connectivity index (χ0) is 41.1. The maximum absolute atomic E-state index is 12.1. The molecule has 0 spiro atoms. The highest BCUT2D eigenvalue weighted by atomic mass is 79.9. The fourth-order valence-corrected chi connectivity index (χ4v) is 7.30. The highest BCUT2D eigenvalue weighted by molar-refractivity contribution is 9.08. The number of hydrogen-bond acceptors (Lipinski definition) is 6. The SMILES string of the molecule is BrCc1ccccc1.CCOP(=O)(Cc1ccccc1)OCC.COc1cc(C)cc(/C=C/c2ccccc2)c1.COc1cc(O)cc(/C=C/c2ccccc2)c1. The largest absolute Gasteiger partial charge is 0.508 e. The summed E-state index contributed by atoms with van der Waals surface area (Å²) < 4.78 is 32.9. The summed E-state index contributed by atoms with van der Waals surface area (Å²) in [5, 5.41) is 10.5. The Kier molecular flexibility index (Phi) is 21.6. The van der Waals surface area contributed by atoms with Gasteiger partial charge >= 0.3 is 7.60 Å². The van der Waals surface area contributed by atoms with Gasteiger partial charge in [-0.1, -0.05) is 168 Å². The van der Waals surface area contributed by atoms with Crippen molar-refractivity contribution in [2.75, 3.05) is 27.4 Å². The first-order valence-corrected chi connectivity index (χ1v) is 21.6. The number of benzene rings is 6. The molecule has 0 bridgehead atoms. The van der Waals surface area contributed by atoms with Gasteiger partial charge in [0.25, 0.3) is 0 Å². The van der Waals surface area contributed by atoms with Crippen LogP contribution in [0.5, 0.6) is 17.2 Å². The second-order valence-corrected chi connectivity index (χ2v) is 15.1. The summed E-state index contributed by atoms with van der Waals surface area (Å²) in [7, 11) is 0.335. The summed E-state index contributed by atoms with van der Waals surface area (Å²) in [6.07, 6.45) is 8.49. The topological polar surface area (TPSA) is 74.2 Å². The van der Waals surface area contributed by atoms with E-state index in [1.165, 1.54) is 16.7 Å². The predicted molar refractivity (Wildman–Crippen MR) is 243 cm³/mol. The minimum Gasteiger partial charge on any atom is -0.508 e. The van der Waals surface area contributed by atoms with Crippen molar-refractivity contribution in [3.05, 3.63) is 197 Å². The molecule has 0 saturated heterocycles. The number of phenolic OH excluding ortho intramolecular Hbond substituents is 1. The van der Waals surface area contributed by atoms with E-state index in [2.05, 4.69) is 65.3 Å². The van der Waals surface area contributed by atoms with Gasteiger partial charge in [0.05, 0.1) is 33.6 Å². The first-order valence-electron chi connectivity index (χ1n) is 18.7. The number of alkyl halides is 1. The number of ether oxygens (including phenoxy) is 2. The van der Waals surface area contributed by atoms with Crippen molar-refractivity contribution in [1.29, 1.82) is 0 Å². The molecule has 0 radical (unpaired) electrons. The third-order valence-corrected chi connectivity index (χ3v) is 10.6. The highest BCUT2D eigenvalue weighted by Crippen LogP contribution is 2.51. The Bertz CT molecular complexity index is 1980. The molecule has 0 aliphatic heterocycles. The van der Waals surface area contributed by atoms with Crippen molar-refractivity contribution in [1.82, 2.24) is 0 Å². The molecule has 0 aromatic heterocycles. The van der Waals surface area contributed by atoms with Crippen LogP contribution >= 0.6 is 23.5 Å². The van der Waals surface area contributed by atoms with Gasteiger partial charge in [-0.05, 0) is 84.0 Å². The van der Waals surface area contributed by atoms with Crippen LogP contribution in [-0.4, -0.2) is 32.5 Å². The number of halogens is 1. The van der Waals surface area contributed by atoms with E-state index in [1.54, 1.807) is 26.4 Å². The monoisotopic (exact) mass is 848 g/mol. The van der Waals surface area contributed by atoms with Crippen molar-refractivity contribution in [2.45, 2.75) is 32.3 Å². The van der Waals surface area contributed by atoms with Crippen molar-refractivity contribution in [3.63, 3.8) is 0 Å². The normalized spacial score (nSPS) is 10.7. The third kappa shape index (κ3) is 19.0. The van der Waals surface area contributed by atoms with Gasteiger partial charge in [0.1, 0.15) is 17.2 Å². The summed E-state index contributed by atoms with van der Waals surface area (Å²) in [6.45, 7) is 6.52. The zero-order valence-electron chi connectivity index (χ0n) is 33.5. The fraction of sp³-hybridized carbons (Fsp3) is 0.184. The first kappa shape index (κ1) is 46.2. The molecular weight excluding hydrogens is 795 g/mol. The number of aromatic hydroxyl groups is 1. The number of aryl methyl sites for hydroxylation is 1. The van der Waals surface area contributed by atoms with E-state index < -0.39 is 7.60 Å². The van der Waals surface area contributed by atoms with Crippen LogP contribution in [0.2, 0.25) is 0 Å². The molecule has 6 aromatic rings. The summed E-state index contributed by atoms with van der Waals surface area (Å²) in [5.41, 5.74) is 7.89. The molecular formula is C49H54BrO6P. The molecule has 6 aromatic carbocycles. The van der Waals surface area contributed by atoms with E-state index in [9.17, 15) is 9.67 Å². The van der Waals surface area contributed by atoms with E-state index in [0.717, 1.165) is 33.3 Å². The van der Waals surface area contributed by atoms with Crippen LogP contribution in [0.15, 0.2) is 158 Å². The third-order valence-electron chi connectivity index (χ3n) is 7.86. The lowest BCUT2D eigenvalue weighted by atomic mass is 10.1. The molecule has 0 aliphatic rings. The van der Waals surface area contributed by atoms with Crippen LogP contribution in [0.4, 0.5) is 0 Å². The van der Waals surface area contributed by atoms with Crippen LogP contribution in [0.25, 0.3) is 24.3 Å². The first-order chi connectivity index (χ1) is 27.7. The smallest absolute Gasteiger partial charge is 0.335 e. The average Bonchev–Trinajstić information content (AvgIpc) is 3.24. The van der Waals surface area contributed by atoms with Gasteiger partial charge in [-0.3, -0.25) is 4.57 Å². The summed E-state index contributed by atoms with van der Waals surface area (Å²) >= 11 is 3.36. The van der Waals surface area contributed by atoms with Gasteiger partial charge in [-0.25, -0.2) is 0 Å². The molecule has 8 heteroatoms. The zero-order valence-corrected chi connectivity index (χ0v) is 35.9. The van der Waals surface area contributed by atoms with Gasteiger partial charge in [0.15, 0.2) is 0 Å². The van der Waals surface area contributed by atoms with Crippen molar-refractivity contribution >= 4 is 47.8 Å². The Labute approximate surface area is 348 Å². The maximum Gasteiger partial charge on any atom is 0.335 e. The highest BCUT2D eigenvalue weighted by Gasteiger charge is 2.23. The van der Waals surface area contributed by atoms with Gasteiger partial charge in [0, 0.05) is 11.4 Å². The minimum atomic E-state index is -2.94. The lowest BCUT2D eigenvalue weighted by Crippen LogP contribution is -1.98.